The molecule has 0 fully saturated rings. The van der Waals surface area contributed by atoms with Gasteiger partial charge < -0.3 is 9.88 Å². The number of carbonyl (C=O) groups is 1. The van der Waals surface area contributed by atoms with Gasteiger partial charge in [0.15, 0.2) is 0 Å². The molecule has 1 atom stereocenters. The number of rotatable bonds is 12. The number of hydrogen-bond donors (Lipinski definition) is 1. The second-order valence-electron chi connectivity index (χ2n) is 8.74. The molecule has 3 rings (SSSR count). The summed E-state index contributed by atoms with van der Waals surface area (Å²) in [6, 6.07) is 10.3. The number of benzene rings is 1. The van der Waals surface area contributed by atoms with Crippen LogP contribution in [0.2, 0.25) is 5.02 Å². The summed E-state index contributed by atoms with van der Waals surface area (Å²) in [5, 5.41) is 5.14. The van der Waals surface area contributed by atoms with E-state index in [1.807, 2.05) is 37.5 Å². The van der Waals surface area contributed by atoms with Gasteiger partial charge in [0.2, 0.25) is 5.91 Å². The molecule has 1 aromatic carbocycles. The number of pyridine rings is 1. The average molecular weight is 466 g/mol. The number of unbranched alkanes of at least 4 members (excludes halogenated alkanes) is 2. The minimum absolute atomic E-state index is 0.0361. The molecule has 0 spiro atoms. The van der Waals surface area contributed by atoms with Gasteiger partial charge in [-0.25, -0.2) is 0 Å². The molecule has 3 aromatic rings. The van der Waals surface area contributed by atoms with Crippen LogP contribution in [0, 0.1) is 0 Å². The number of aromatic nitrogens is 2. The highest BCUT2D eigenvalue weighted by Gasteiger charge is 2.14. The molecule has 0 saturated carbocycles. The Morgan fingerprint density at radius 1 is 1.18 bits per heavy atom. The lowest BCUT2D eigenvalue weighted by molar-refractivity contribution is -0.117. The molecule has 0 radical (unpaired) electrons. The van der Waals surface area contributed by atoms with E-state index >= 15 is 0 Å². The molecule has 2 aromatic heterocycles. The zero-order chi connectivity index (χ0) is 23.6. The van der Waals surface area contributed by atoms with Gasteiger partial charge in [-0.3, -0.25) is 9.78 Å². The summed E-state index contributed by atoms with van der Waals surface area (Å²) in [5.74, 6) is -0.0361. The standard InChI is InChI=1S/C28H36ClN3O/c1-4-6-7-13-24-25-15-14-22(29)19-27(25)32(3)26(24)16-17-28(33)31-23(5-2)12-8-10-21-11-9-18-30-20-21/h9,11,14-20,23H,4-8,10,12-13H2,1-3H3,(H,31,33)/b17-16+/t23-/m1/s1. The first-order valence-corrected chi connectivity index (χ1v) is 12.6. The molecular formula is C28H36ClN3O. The first-order chi connectivity index (χ1) is 16.0. The van der Waals surface area contributed by atoms with Crippen LogP contribution < -0.4 is 5.32 Å². The largest absolute Gasteiger partial charge is 0.350 e. The third-order valence-corrected chi connectivity index (χ3v) is 6.55. The average Bonchev–Trinajstić information content (AvgIpc) is 3.08. The van der Waals surface area contributed by atoms with Crippen LogP contribution in [-0.2, 0) is 24.7 Å². The van der Waals surface area contributed by atoms with Crippen LogP contribution in [-0.4, -0.2) is 21.5 Å². The summed E-state index contributed by atoms with van der Waals surface area (Å²) in [5.41, 5.74) is 4.73. The lowest BCUT2D eigenvalue weighted by Gasteiger charge is -2.15. The van der Waals surface area contributed by atoms with E-state index in [0.717, 1.165) is 54.8 Å². The van der Waals surface area contributed by atoms with E-state index in [2.05, 4.69) is 40.8 Å². The number of hydrogen-bond acceptors (Lipinski definition) is 2. The van der Waals surface area contributed by atoms with E-state index in [1.165, 1.54) is 29.4 Å². The SMILES string of the molecule is CCCCCc1c(/C=C/C(=O)N[C@H](CC)CCCc2cccnc2)n(C)c2cc(Cl)ccc12. The van der Waals surface area contributed by atoms with Gasteiger partial charge in [0.25, 0.3) is 0 Å². The van der Waals surface area contributed by atoms with Crippen LogP contribution in [0.3, 0.4) is 0 Å². The van der Waals surface area contributed by atoms with Crippen molar-refractivity contribution in [3.05, 3.63) is 70.6 Å². The van der Waals surface area contributed by atoms with Crippen LogP contribution in [0.5, 0.6) is 0 Å². The van der Waals surface area contributed by atoms with Crippen LogP contribution in [0.15, 0.2) is 48.8 Å². The van der Waals surface area contributed by atoms with Gasteiger partial charge in [-0.05, 0) is 73.9 Å². The molecule has 0 unspecified atom stereocenters. The molecule has 0 aliphatic rings. The Morgan fingerprint density at radius 3 is 2.76 bits per heavy atom. The Morgan fingerprint density at radius 2 is 2.03 bits per heavy atom. The monoisotopic (exact) mass is 465 g/mol. The highest BCUT2D eigenvalue weighted by atomic mass is 35.5. The highest BCUT2D eigenvalue weighted by molar-refractivity contribution is 6.31. The van der Waals surface area contributed by atoms with Crippen molar-refractivity contribution in [1.82, 2.24) is 14.9 Å². The molecule has 33 heavy (non-hydrogen) atoms. The second-order valence-corrected chi connectivity index (χ2v) is 9.18. The van der Waals surface area contributed by atoms with E-state index in [9.17, 15) is 4.79 Å². The third-order valence-electron chi connectivity index (χ3n) is 6.32. The van der Waals surface area contributed by atoms with Gasteiger partial charge >= 0.3 is 0 Å². The minimum Gasteiger partial charge on any atom is -0.350 e. The number of fused-ring (bicyclic) bond motifs is 1. The van der Waals surface area contributed by atoms with E-state index in [0.29, 0.717) is 0 Å². The van der Waals surface area contributed by atoms with E-state index < -0.39 is 0 Å². The van der Waals surface area contributed by atoms with Crippen molar-refractivity contribution in [2.75, 3.05) is 0 Å². The first kappa shape index (κ1) is 25.0. The zero-order valence-electron chi connectivity index (χ0n) is 20.1. The molecular weight excluding hydrogens is 430 g/mol. The highest BCUT2D eigenvalue weighted by Crippen LogP contribution is 2.30. The van der Waals surface area contributed by atoms with Gasteiger partial charge in [-0.15, -0.1) is 0 Å². The fraction of sp³-hybridized carbons (Fsp3) is 0.429. The van der Waals surface area contributed by atoms with E-state index in [4.69, 9.17) is 11.6 Å². The first-order valence-electron chi connectivity index (χ1n) is 12.2. The predicted octanol–water partition coefficient (Wildman–Crippen LogP) is 6.89. The summed E-state index contributed by atoms with van der Waals surface area (Å²) in [7, 11) is 2.05. The molecule has 0 aliphatic heterocycles. The number of aryl methyl sites for hydroxylation is 3. The maximum absolute atomic E-state index is 12.7. The lowest BCUT2D eigenvalue weighted by atomic mass is 10.0. The molecule has 1 N–H and O–H groups in total. The summed E-state index contributed by atoms with van der Waals surface area (Å²) >= 11 is 6.26. The van der Waals surface area contributed by atoms with Crippen molar-refractivity contribution < 1.29 is 4.79 Å². The van der Waals surface area contributed by atoms with Crippen molar-refractivity contribution in [2.45, 2.75) is 71.3 Å². The molecule has 4 nitrogen and oxygen atoms in total. The summed E-state index contributed by atoms with van der Waals surface area (Å²) in [6.45, 7) is 4.34. The molecule has 5 heteroatoms. The smallest absolute Gasteiger partial charge is 0.244 e. The number of carbonyl (C=O) groups excluding carboxylic acids is 1. The topological polar surface area (TPSA) is 46.9 Å². The van der Waals surface area contributed by atoms with Gasteiger partial charge in [-0.2, -0.15) is 0 Å². The van der Waals surface area contributed by atoms with E-state index in [-0.39, 0.29) is 11.9 Å². The van der Waals surface area contributed by atoms with Crippen molar-refractivity contribution in [3.63, 3.8) is 0 Å². The van der Waals surface area contributed by atoms with Crippen LogP contribution in [0.25, 0.3) is 17.0 Å². The summed E-state index contributed by atoms with van der Waals surface area (Å²) in [6.07, 6.45) is 15.8. The number of nitrogens with one attached hydrogen (secondary N) is 1. The third kappa shape index (κ3) is 6.94. The van der Waals surface area contributed by atoms with Crippen LogP contribution in [0.4, 0.5) is 0 Å². The van der Waals surface area contributed by atoms with Gasteiger partial charge in [0.1, 0.15) is 0 Å². The Bertz CT molecular complexity index is 1070. The quantitative estimate of drug-likeness (QED) is 0.234. The fourth-order valence-corrected chi connectivity index (χ4v) is 4.58. The minimum atomic E-state index is -0.0361. The van der Waals surface area contributed by atoms with Crippen molar-refractivity contribution >= 4 is 34.5 Å². The number of amides is 1. The Hall–Kier alpha value is -2.59. The molecule has 1 amide bonds. The normalized spacial score (nSPS) is 12.5. The number of nitrogens with zero attached hydrogens (tertiary/aromatic N) is 2. The van der Waals surface area contributed by atoms with E-state index in [1.54, 1.807) is 12.3 Å². The maximum atomic E-state index is 12.7. The number of halogens is 1. The molecule has 2 heterocycles. The second kappa shape index (κ2) is 12.6. The lowest BCUT2D eigenvalue weighted by Crippen LogP contribution is -2.33. The summed E-state index contributed by atoms with van der Waals surface area (Å²) < 4.78 is 2.15. The van der Waals surface area contributed by atoms with Crippen LogP contribution in [0.1, 0.15) is 69.2 Å². The summed E-state index contributed by atoms with van der Waals surface area (Å²) in [4.78, 5) is 16.9. The van der Waals surface area contributed by atoms with Crippen LogP contribution >= 0.6 is 11.6 Å². The molecule has 0 bridgehead atoms. The zero-order valence-corrected chi connectivity index (χ0v) is 20.9. The fourth-order valence-electron chi connectivity index (χ4n) is 4.42. The molecule has 0 aliphatic carbocycles. The Kier molecular flexibility index (Phi) is 9.56. The van der Waals surface area contributed by atoms with Crippen molar-refractivity contribution in [1.29, 1.82) is 0 Å². The van der Waals surface area contributed by atoms with Gasteiger partial charge in [0, 0.05) is 53.2 Å². The Labute approximate surface area is 203 Å². The Balaban J connectivity index is 1.67. The van der Waals surface area contributed by atoms with Crippen molar-refractivity contribution in [3.8, 4) is 0 Å². The van der Waals surface area contributed by atoms with Gasteiger partial charge in [-0.1, -0.05) is 50.4 Å². The predicted molar refractivity (Wildman–Crippen MR) is 140 cm³/mol. The molecule has 176 valence electrons. The van der Waals surface area contributed by atoms with Crippen molar-refractivity contribution in [2.24, 2.45) is 7.05 Å². The van der Waals surface area contributed by atoms with Gasteiger partial charge in [0.05, 0.1) is 0 Å². The molecule has 0 saturated heterocycles. The maximum Gasteiger partial charge on any atom is 0.244 e.